The normalized spacial score (nSPS) is 9.31. The van der Waals surface area contributed by atoms with Crippen LogP contribution in [0.1, 0.15) is 5.56 Å². The molecule has 0 radical (unpaired) electrons. The average molecular weight is 197 g/mol. The van der Waals surface area contributed by atoms with E-state index in [4.69, 9.17) is 22.9 Å². The van der Waals surface area contributed by atoms with Crippen LogP contribution in [0, 0.1) is 6.57 Å². The van der Waals surface area contributed by atoms with E-state index < -0.39 is 0 Å². The van der Waals surface area contributed by atoms with Crippen molar-refractivity contribution in [2.75, 3.05) is 13.7 Å². The average Bonchev–Trinajstić information content (AvgIpc) is 2.15. The molecule has 1 aromatic heterocycles. The van der Waals surface area contributed by atoms with Crippen LogP contribution in [-0.4, -0.2) is 18.6 Å². The van der Waals surface area contributed by atoms with Crippen molar-refractivity contribution in [3.63, 3.8) is 0 Å². The maximum absolute atomic E-state index is 6.67. The molecular weight excluding hydrogens is 188 g/mol. The molecule has 0 aliphatic heterocycles. The number of methoxy groups -OCH3 is 1. The molecule has 0 aliphatic rings. The van der Waals surface area contributed by atoms with Gasteiger partial charge in [-0.15, -0.1) is 0 Å². The Hall–Kier alpha value is -1.27. The first-order valence-corrected chi connectivity index (χ1v) is 4.18. The standard InChI is InChI=1S/C9H9ClN2O/c1-11-5-3-7-8(10)4-6-12-9(7)13-2/h4,6H,3,5H2,2H3. The van der Waals surface area contributed by atoms with E-state index in [1.54, 1.807) is 19.4 Å². The Kier molecular flexibility index (Phi) is 3.53. The number of rotatable bonds is 3. The van der Waals surface area contributed by atoms with E-state index in [0.29, 0.717) is 23.9 Å². The Balaban J connectivity index is 2.95. The Morgan fingerprint density at radius 1 is 1.69 bits per heavy atom. The van der Waals surface area contributed by atoms with Gasteiger partial charge in [0.2, 0.25) is 12.4 Å². The Morgan fingerprint density at radius 3 is 3.08 bits per heavy atom. The molecule has 1 aromatic rings. The van der Waals surface area contributed by atoms with E-state index in [0.717, 1.165) is 5.56 Å². The summed E-state index contributed by atoms with van der Waals surface area (Å²) in [5.74, 6) is 0.510. The Morgan fingerprint density at radius 2 is 2.46 bits per heavy atom. The molecule has 0 aliphatic carbocycles. The second-order valence-corrected chi connectivity index (χ2v) is 2.82. The number of halogens is 1. The largest absolute Gasteiger partial charge is 0.481 e. The van der Waals surface area contributed by atoms with E-state index in [2.05, 4.69) is 9.83 Å². The molecule has 3 nitrogen and oxygen atoms in total. The fraction of sp³-hybridized carbons (Fsp3) is 0.333. The van der Waals surface area contributed by atoms with Gasteiger partial charge in [0.15, 0.2) is 0 Å². The summed E-state index contributed by atoms with van der Waals surface area (Å²) in [5.41, 5.74) is 0.808. The van der Waals surface area contributed by atoms with Crippen molar-refractivity contribution >= 4 is 11.6 Å². The molecule has 0 atom stereocenters. The number of hydrogen-bond acceptors (Lipinski definition) is 2. The molecule has 0 saturated heterocycles. The summed E-state index contributed by atoms with van der Waals surface area (Å²) in [4.78, 5) is 7.26. The quantitative estimate of drug-likeness (QED) is 0.693. The third-order valence-corrected chi connectivity index (χ3v) is 1.98. The zero-order valence-electron chi connectivity index (χ0n) is 7.25. The number of pyridine rings is 1. The second-order valence-electron chi connectivity index (χ2n) is 2.41. The summed E-state index contributed by atoms with van der Waals surface area (Å²) in [5, 5.41) is 0.607. The lowest BCUT2D eigenvalue weighted by atomic mass is 10.2. The third kappa shape index (κ3) is 2.33. The van der Waals surface area contributed by atoms with Crippen LogP contribution in [0.2, 0.25) is 5.02 Å². The molecule has 0 amide bonds. The molecule has 1 rings (SSSR count). The summed E-state index contributed by atoms with van der Waals surface area (Å²) in [6.07, 6.45) is 2.17. The van der Waals surface area contributed by atoms with Crippen LogP contribution in [0.25, 0.3) is 4.85 Å². The molecule has 0 unspecified atom stereocenters. The predicted molar refractivity (Wildman–Crippen MR) is 51.0 cm³/mol. The minimum atomic E-state index is 0.405. The number of ether oxygens (including phenoxy) is 1. The summed E-state index contributed by atoms with van der Waals surface area (Å²) in [6, 6.07) is 1.70. The maximum atomic E-state index is 6.67. The molecule has 0 bridgehead atoms. The molecule has 0 saturated carbocycles. The highest BCUT2D eigenvalue weighted by Gasteiger charge is 2.09. The van der Waals surface area contributed by atoms with Crippen molar-refractivity contribution in [1.82, 2.24) is 4.98 Å². The van der Waals surface area contributed by atoms with Crippen molar-refractivity contribution in [3.05, 3.63) is 34.3 Å². The van der Waals surface area contributed by atoms with Crippen molar-refractivity contribution < 1.29 is 4.74 Å². The van der Waals surface area contributed by atoms with Crippen LogP contribution in [0.3, 0.4) is 0 Å². The smallest absolute Gasteiger partial charge is 0.218 e. The van der Waals surface area contributed by atoms with Crippen LogP contribution in [-0.2, 0) is 6.42 Å². The molecule has 4 heteroatoms. The maximum Gasteiger partial charge on any atom is 0.218 e. The monoisotopic (exact) mass is 196 g/mol. The van der Waals surface area contributed by atoms with Gasteiger partial charge in [0.25, 0.3) is 0 Å². The van der Waals surface area contributed by atoms with E-state index >= 15 is 0 Å². The molecule has 68 valence electrons. The number of hydrogen-bond donors (Lipinski definition) is 0. The molecule has 0 spiro atoms. The number of aromatic nitrogens is 1. The summed E-state index contributed by atoms with van der Waals surface area (Å²) in [7, 11) is 1.54. The van der Waals surface area contributed by atoms with Gasteiger partial charge in [-0.2, -0.15) is 0 Å². The fourth-order valence-corrected chi connectivity index (χ4v) is 1.25. The van der Waals surface area contributed by atoms with Gasteiger partial charge in [0, 0.05) is 11.8 Å². The highest BCUT2D eigenvalue weighted by molar-refractivity contribution is 6.31. The molecular formula is C9H9ClN2O. The van der Waals surface area contributed by atoms with Crippen LogP contribution >= 0.6 is 11.6 Å². The molecule has 0 aromatic carbocycles. The number of nitrogens with zero attached hydrogens (tertiary/aromatic N) is 2. The summed E-state index contributed by atoms with van der Waals surface area (Å²) >= 11 is 5.92. The molecule has 1 heterocycles. The van der Waals surface area contributed by atoms with Gasteiger partial charge in [-0.3, -0.25) is 0 Å². The Labute approximate surface area is 82.1 Å². The van der Waals surface area contributed by atoms with Crippen molar-refractivity contribution in [1.29, 1.82) is 0 Å². The fourth-order valence-electron chi connectivity index (χ4n) is 1.02. The zero-order chi connectivity index (χ0) is 9.68. The summed E-state index contributed by atoms with van der Waals surface area (Å²) in [6.45, 7) is 7.08. The van der Waals surface area contributed by atoms with Gasteiger partial charge in [-0.1, -0.05) is 11.6 Å². The lowest BCUT2D eigenvalue weighted by molar-refractivity contribution is 0.393. The highest BCUT2D eigenvalue weighted by atomic mass is 35.5. The first kappa shape index (κ1) is 9.82. The second kappa shape index (κ2) is 4.68. The molecule has 0 N–H and O–H groups in total. The van der Waals surface area contributed by atoms with Crippen LogP contribution < -0.4 is 4.74 Å². The minimum absolute atomic E-state index is 0.405. The lowest BCUT2D eigenvalue weighted by Gasteiger charge is -2.05. The van der Waals surface area contributed by atoms with E-state index in [-0.39, 0.29) is 0 Å². The van der Waals surface area contributed by atoms with Gasteiger partial charge >= 0.3 is 0 Å². The van der Waals surface area contributed by atoms with E-state index in [9.17, 15) is 0 Å². The van der Waals surface area contributed by atoms with Crippen LogP contribution in [0.15, 0.2) is 12.3 Å². The van der Waals surface area contributed by atoms with Gasteiger partial charge in [0.05, 0.1) is 18.6 Å². The molecule has 0 fully saturated rings. The van der Waals surface area contributed by atoms with Gasteiger partial charge < -0.3 is 9.58 Å². The highest BCUT2D eigenvalue weighted by Crippen LogP contribution is 2.23. The predicted octanol–water partition coefficient (Wildman–Crippen LogP) is 2.21. The van der Waals surface area contributed by atoms with Gasteiger partial charge in [0.1, 0.15) is 0 Å². The molecule has 13 heavy (non-hydrogen) atoms. The van der Waals surface area contributed by atoms with Crippen LogP contribution in [0.5, 0.6) is 5.88 Å². The van der Waals surface area contributed by atoms with Crippen LogP contribution in [0.4, 0.5) is 0 Å². The SMILES string of the molecule is [C-]#[N+]CCc1c(Cl)ccnc1OC. The van der Waals surface area contributed by atoms with Crippen molar-refractivity contribution in [2.45, 2.75) is 6.42 Å². The first-order chi connectivity index (χ1) is 6.29. The van der Waals surface area contributed by atoms with E-state index in [1.165, 1.54) is 0 Å². The van der Waals surface area contributed by atoms with Crippen molar-refractivity contribution in [3.8, 4) is 5.88 Å². The summed E-state index contributed by atoms with van der Waals surface area (Å²) < 4.78 is 5.02. The third-order valence-electron chi connectivity index (χ3n) is 1.63. The zero-order valence-corrected chi connectivity index (χ0v) is 8.01. The van der Waals surface area contributed by atoms with E-state index in [1.807, 2.05) is 0 Å². The lowest BCUT2D eigenvalue weighted by Crippen LogP contribution is -1.97. The van der Waals surface area contributed by atoms with Gasteiger partial charge in [-0.05, 0) is 6.07 Å². The van der Waals surface area contributed by atoms with Gasteiger partial charge in [-0.25, -0.2) is 11.6 Å². The van der Waals surface area contributed by atoms with Crippen molar-refractivity contribution in [2.24, 2.45) is 0 Å². The topological polar surface area (TPSA) is 26.5 Å². The minimum Gasteiger partial charge on any atom is -0.481 e. The first-order valence-electron chi connectivity index (χ1n) is 3.80. The Bertz CT molecular complexity index is 333.